The molecule has 0 aliphatic heterocycles. The Morgan fingerprint density at radius 3 is 2.94 bits per heavy atom. The van der Waals surface area contributed by atoms with Crippen molar-refractivity contribution < 1.29 is 0 Å². The van der Waals surface area contributed by atoms with Crippen molar-refractivity contribution in [2.75, 3.05) is 0 Å². The standard InChI is InChI=1S/C11H16N6/c1-2-6-17-7-5-13-11(17)10(16-12)9-3-4-14-15-8-9/h3-5,7-8,10,16H,2,6,12H2,1H3. The Hall–Kier alpha value is -1.79. The monoisotopic (exact) mass is 232 g/mol. The van der Waals surface area contributed by atoms with Crippen molar-refractivity contribution in [3.63, 3.8) is 0 Å². The summed E-state index contributed by atoms with van der Waals surface area (Å²) in [5.74, 6) is 6.50. The summed E-state index contributed by atoms with van der Waals surface area (Å²) in [6, 6.07) is 1.72. The van der Waals surface area contributed by atoms with Gasteiger partial charge in [0, 0.05) is 25.1 Å². The molecule has 6 heteroatoms. The van der Waals surface area contributed by atoms with E-state index >= 15 is 0 Å². The second kappa shape index (κ2) is 5.51. The zero-order chi connectivity index (χ0) is 12.1. The van der Waals surface area contributed by atoms with E-state index in [4.69, 9.17) is 5.84 Å². The van der Waals surface area contributed by atoms with Crippen LogP contribution in [0.2, 0.25) is 0 Å². The molecule has 3 N–H and O–H groups in total. The lowest BCUT2D eigenvalue weighted by atomic mass is 10.1. The number of imidazole rings is 1. The third-order valence-electron chi connectivity index (χ3n) is 2.58. The maximum atomic E-state index is 5.61. The summed E-state index contributed by atoms with van der Waals surface area (Å²) < 4.78 is 2.09. The summed E-state index contributed by atoms with van der Waals surface area (Å²) in [4.78, 5) is 4.35. The van der Waals surface area contributed by atoms with Crippen molar-refractivity contribution in [1.82, 2.24) is 25.2 Å². The number of aromatic nitrogens is 4. The van der Waals surface area contributed by atoms with Gasteiger partial charge in [-0.15, -0.1) is 0 Å². The lowest BCUT2D eigenvalue weighted by Gasteiger charge is -2.16. The molecule has 0 fully saturated rings. The van der Waals surface area contributed by atoms with Gasteiger partial charge in [0.2, 0.25) is 0 Å². The number of nitrogens with zero attached hydrogens (tertiary/aromatic N) is 4. The highest BCUT2D eigenvalue weighted by molar-refractivity contribution is 5.20. The summed E-state index contributed by atoms with van der Waals surface area (Å²) in [6.45, 7) is 3.05. The Bertz CT molecular complexity index is 452. The molecule has 0 spiro atoms. The molecule has 0 amide bonds. The van der Waals surface area contributed by atoms with Gasteiger partial charge in [-0.2, -0.15) is 10.2 Å². The van der Waals surface area contributed by atoms with Crippen LogP contribution in [0.25, 0.3) is 0 Å². The van der Waals surface area contributed by atoms with Crippen LogP contribution in [-0.4, -0.2) is 19.7 Å². The molecule has 17 heavy (non-hydrogen) atoms. The fourth-order valence-electron chi connectivity index (χ4n) is 1.80. The molecule has 2 aromatic rings. The van der Waals surface area contributed by atoms with Crippen LogP contribution < -0.4 is 11.3 Å². The molecule has 0 saturated heterocycles. The molecule has 0 bridgehead atoms. The van der Waals surface area contributed by atoms with Gasteiger partial charge in [0.1, 0.15) is 11.9 Å². The predicted molar refractivity (Wildman–Crippen MR) is 63.7 cm³/mol. The lowest BCUT2D eigenvalue weighted by molar-refractivity contribution is 0.543. The molecule has 1 atom stereocenters. The van der Waals surface area contributed by atoms with Crippen molar-refractivity contribution in [1.29, 1.82) is 0 Å². The van der Waals surface area contributed by atoms with Crippen LogP contribution in [0.3, 0.4) is 0 Å². The van der Waals surface area contributed by atoms with Gasteiger partial charge in [0.05, 0.1) is 6.20 Å². The van der Waals surface area contributed by atoms with E-state index in [1.165, 1.54) is 0 Å². The number of hydrazine groups is 1. The Kier molecular flexibility index (Phi) is 3.79. The van der Waals surface area contributed by atoms with E-state index in [0.717, 1.165) is 24.4 Å². The molecular weight excluding hydrogens is 216 g/mol. The lowest BCUT2D eigenvalue weighted by Crippen LogP contribution is -2.31. The van der Waals surface area contributed by atoms with Crippen molar-refractivity contribution in [2.24, 2.45) is 5.84 Å². The Labute approximate surface area is 99.9 Å². The van der Waals surface area contributed by atoms with E-state index in [9.17, 15) is 0 Å². The van der Waals surface area contributed by atoms with Crippen molar-refractivity contribution in [3.05, 3.63) is 42.2 Å². The average Bonchev–Trinajstić information content (AvgIpc) is 2.81. The van der Waals surface area contributed by atoms with Gasteiger partial charge in [-0.25, -0.2) is 10.4 Å². The Morgan fingerprint density at radius 2 is 2.29 bits per heavy atom. The highest BCUT2D eigenvalue weighted by Crippen LogP contribution is 2.18. The second-order valence-electron chi connectivity index (χ2n) is 3.75. The number of hydrogen-bond donors (Lipinski definition) is 2. The SMILES string of the molecule is CCCn1ccnc1C(NN)c1ccnnc1. The fraction of sp³-hybridized carbons (Fsp3) is 0.364. The summed E-state index contributed by atoms with van der Waals surface area (Å²) in [6.07, 6.45) is 8.12. The zero-order valence-corrected chi connectivity index (χ0v) is 9.74. The minimum atomic E-state index is -0.160. The quantitative estimate of drug-likeness (QED) is 0.584. The number of nitrogens with one attached hydrogen (secondary N) is 1. The molecule has 0 aliphatic rings. The molecular formula is C11H16N6. The molecule has 6 nitrogen and oxygen atoms in total. The second-order valence-corrected chi connectivity index (χ2v) is 3.75. The summed E-state index contributed by atoms with van der Waals surface area (Å²) >= 11 is 0. The van der Waals surface area contributed by atoms with E-state index in [2.05, 4.69) is 32.1 Å². The van der Waals surface area contributed by atoms with Gasteiger partial charge in [-0.1, -0.05) is 6.92 Å². The third-order valence-corrected chi connectivity index (χ3v) is 2.58. The van der Waals surface area contributed by atoms with Gasteiger partial charge >= 0.3 is 0 Å². The van der Waals surface area contributed by atoms with E-state index < -0.39 is 0 Å². The van der Waals surface area contributed by atoms with Gasteiger partial charge < -0.3 is 4.57 Å². The Balaban J connectivity index is 2.32. The molecule has 2 rings (SSSR count). The van der Waals surface area contributed by atoms with E-state index in [1.807, 2.05) is 12.3 Å². The van der Waals surface area contributed by atoms with Crippen molar-refractivity contribution >= 4 is 0 Å². The number of rotatable bonds is 5. The normalized spacial score (nSPS) is 12.6. The predicted octanol–water partition coefficient (Wildman–Crippen LogP) is 0.636. The zero-order valence-electron chi connectivity index (χ0n) is 9.74. The summed E-state index contributed by atoms with van der Waals surface area (Å²) in [5, 5.41) is 7.61. The smallest absolute Gasteiger partial charge is 0.131 e. The highest BCUT2D eigenvalue weighted by Gasteiger charge is 2.17. The average molecular weight is 232 g/mol. The first-order valence-electron chi connectivity index (χ1n) is 5.60. The maximum Gasteiger partial charge on any atom is 0.131 e. The van der Waals surface area contributed by atoms with Gasteiger partial charge in [0.25, 0.3) is 0 Å². The van der Waals surface area contributed by atoms with Gasteiger partial charge in [-0.05, 0) is 18.1 Å². The van der Waals surface area contributed by atoms with E-state index in [1.54, 1.807) is 18.6 Å². The van der Waals surface area contributed by atoms with E-state index in [-0.39, 0.29) is 6.04 Å². The Morgan fingerprint density at radius 1 is 1.41 bits per heavy atom. The molecule has 1 unspecified atom stereocenters. The minimum absolute atomic E-state index is 0.160. The van der Waals surface area contributed by atoms with Crippen LogP contribution in [0.5, 0.6) is 0 Å². The number of nitrogens with two attached hydrogens (primary N) is 1. The molecule has 90 valence electrons. The third kappa shape index (κ3) is 2.48. The first-order chi connectivity index (χ1) is 8.36. The highest BCUT2D eigenvalue weighted by atomic mass is 15.3. The molecule has 0 aliphatic carbocycles. The van der Waals surface area contributed by atoms with Crippen LogP contribution in [0.15, 0.2) is 30.9 Å². The van der Waals surface area contributed by atoms with Crippen LogP contribution >= 0.6 is 0 Å². The van der Waals surface area contributed by atoms with E-state index in [0.29, 0.717) is 0 Å². The van der Waals surface area contributed by atoms with Crippen LogP contribution in [0.1, 0.15) is 30.8 Å². The topological polar surface area (TPSA) is 81.7 Å². The molecule has 2 aromatic heterocycles. The number of hydrogen-bond acceptors (Lipinski definition) is 5. The summed E-state index contributed by atoms with van der Waals surface area (Å²) in [5.41, 5.74) is 3.72. The molecule has 2 heterocycles. The molecule has 0 saturated carbocycles. The van der Waals surface area contributed by atoms with Crippen LogP contribution in [-0.2, 0) is 6.54 Å². The van der Waals surface area contributed by atoms with Crippen LogP contribution in [0.4, 0.5) is 0 Å². The van der Waals surface area contributed by atoms with Gasteiger partial charge in [-0.3, -0.25) is 5.84 Å². The first kappa shape index (κ1) is 11.7. The van der Waals surface area contributed by atoms with Crippen molar-refractivity contribution in [3.8, 4) is 0 Å². The molecule has 0 radical (unpaired) electrons. The van der Waals surface area contributed by atoms with Crippen molar-refractivity contribution in [2.45, 2.75) is 25.9 Å². The summed E-state index contributed by atoms with van der Waals surface area (Å²) in [7, 11) is 0. The van der Waals surface area contributed by atoms with Crippen LogP contribution in [0, 0.1) is 0 Å². The first-order valence-corrected chi connectivity index (χ1v) is 5.60. The molecule has 0 aromatic carbocycles. The minimum Gasteiger partial charge on any atom is -0.333 e. The number of aryl methyl sites for hydroxylation is 1. The maximum absolute atomic E-state index is 5.61. The van der Waals surface area contributed by atoms with Gasteiger partial charge in [0.15, 0.2) is 0 Å². The largest absolute Gasteiger partial charge is 0.333 e. The fourth-order valence-corrected chi connectivity index (χ4v) is 1.80.